The second kappa shape index (κ2) is 7.59. The van der Waals surface area contributed by atoms with Gasteiger partial charge in [0.2, 0.25) is 0 Å². The number of hydrogen-bond acceptors (Lipinski definition) is 2. The van der Waals surface area contributed by atoms with E-state index in [1.54, 1.807) is 0 Å². The number of halogens is 2. The second-order valence-corrected chi connectivity index (χ2v) is 6.32. The van der Waals surface area contributed by atoms with E-state index in [0.29, 0.717) is 6.04 Å². The highest BCUT2D eigenvalue weighted by Gasteiger charge is 2.04. The Morgan fingerprint density at radius 2 is 2.25 bits per heavy atom. The van der Waals surface area contributed by atoms with Gasteiger partial charge in [-0.05, 0) is 36.4 Å². The van der Waals surface area contributed by atoms with Crippen molar-refractivity contribution in [3.8, 4) is 0 Å². The Morgan fingerprint density at radius 3 is 2.94 bits per heavy atom. The lowest BCUT2D eigenvalue weighted by atomic mass is 10.2. The van der Waals surface area contributed by atoms with Gasteiger partial charge in [-0.25, -0.2) is 0 Å². The second-order valence-electron chi connectivity index (χ2n) is 3.68. The summed E-state index contributed by atoms with van der Waals surface area (Å²) in [4.78, 5) is 0. The van der Waals surface area contributed by atoms with E-state index in [9.17, 15) is 0 Å². The van der Waals surface area contributed by atoms with Crippen LogP contribution in [0.2, 0.25) is 5.02 Å². The molecular weight excluding hydrogens is 306 g/mol. The third-order valence-corrected chi connectivity index (χ3v) is 4.23. The molecule has 0 aromatic heterocycles. The lowest BCUT2D eigenvalue weighted by molar-refractivity contribution is 0.596. The van der Waals surface area contributed by atoms with E-state index in [0.717, 1.165) is 27.4 Å². The molecule has 0 fully saturated rings. The summed E-state index contributed by atoms with van der Waals surface area (Å²) in [6, 6.07) is 6.46. The van der Waals surface area contributed by atoms with Crippen molar-refractivity contribution < 1.29 is 0 Å². The van der Waals surface area contributed by atoms with Crippen molar-refractivity contribution in [1.29, 1.82) is 0 Å². The average Bonchev–Trinajstić information content (AvgIpc) is 2.27. The summed E-state index contributed by atoms with van der Waals surface area (Å²) in [5, 5.41) is 4.30. The monoisotopic (exact) mass is 321 g/mol. The topological polar surface area (TPSA) is 12.0 Å². The summed E-state index contributed by atoms with van der Waals surface area (Å²) in [6.07, 6.45) is 0. The maximum absolute atomic E-state index is 6.12. The average molecular weight is 323 g/mol. The Kier molecular flexibility index (Phi) is 6.81. The van der Waals surface area contributed by atoms with Gasteiger partial charge in [0.25, 0.3) is 0 Å². The molecule has 4 heteroatoms. The third-order valence-electron chi connectivity index (χ3n) is 2.22. The Bertz CT molecular complexity index is 333. The number of nitrogens with one attached hydrogen (secondary N) is 1. The fraction of sp³-hybridized carbons (Fsp3) is 0.500. The molecule has 0 saturated carbocycles. The van der Waals surface area contributed by atoms with Crippen LogP contribution in [0.1, 0.15) is 19.4 Å². The molecule has 0 aliphatic rings. The maximum Gasteiger partial charge on any atom is 0.0451 e. The molecule has 1 nitrogen and oxygen atoms in total. The molecule has 1 rings (SSSR count). The molecule has 0 bridgehead atoms. The van der Waals surface area contributed by atoms with Crippen LogP contribution in [0.5, 0.6) is 0 Å². The van der Waals surface area contributed by atoms with Gasteiger partial charge in [0.05, 0.1) is 0 Å². The van der Waals surface area contributed by atoms with Crippen LogP contribution < -0.4 is 5.32 Å². The first-order valence-corrected chi connectivity index (χ1v) is 7.71. The highest BCUT2D eigenvalue weighted by atomic mass is 79.9. The van der Waals surface area contributed by atoms with Gasteiger partial charge >= 0.3 is 0 Å². The summed E-state index contributed by atoms with van der Waals surface area (Å²) in [7, 11) is 0. The molecule has 1 aromatic carbocycles. The number of rotatable bonds is 6. The van der Waals surface area contributed by atoms with Crippen molar-refractivity contribution in [1.82, 2.24) is 5.32 Å². The summed E-state index contributed by atoms with van der Waals surface area (Å²) in [5.74, 6) is 2.31. The Labute approximate surface area is 115 Å². The molecule has 0 amide bonds. The van der Waals surface area contributed by atoms with Crippen molar-refractivity contribution in [3.05, 3.63) is 33.3 Å². The highest BCUT2D eigenvalue weighted by Crippen LogP contribution is 2.20. The fourth-order valence-corrected chi connectivity index (χ4v) is 2.62. The SMILES string of the molecule is CCSCC(C)NCc1cc(Br)ccc1Cl. The zero-order chi connectivity index (χ0) is 12.0. The predicted octanol–water partition coefficient (Wildman–Crippen LogP) is 4.33. The molecule has 0 saturated heterocycles. The lowest BCUT2D eigenvalue weighted by Crippen LogP contribution is -2.27. The summed E-state index contributed by atoms with van der Waals surface area (Å²) in [5.41, 5.74) is 1.14. The van der Waals surface area contributed by atoms with Gasteiger partial charge in [0.1, 0.15) is 0 Å². The normalized spacial score (nSPS) is 12.8. The predicted molar refractivity (Wildman–Crippen MR) is 78.5 cm³/mol. The lowest BCUT2D eigenvalue weighted by Gasteiger charge is -2.13. The van der Waals surface area contributed by atoms with Crippen LogP contribution in [-0.2, 0) is 6.54 Å². The van der Waals surface area contributed by atoms with E-state index in [2.05, 4.69) is 41.2 Å². The zero-order valence-corrected chi connectivity index (χ0v) is 12.8. The van der Waals surface area contributed by atoms with E-state index in [-0.39, 0.29) is 0 Å². The number of thioether (sulfide) groups is 1. The molecular formula is C12H17BrClNS. The molecule has 16 heavy (non-hydrogen) atoms. The van der Waals surface area contributed by atoms with Gasteiger partial charge in [0.15, 0.2) is 0 Å². The van der Waals surface area contributed by atoms with Crippen molar-refractivity contribution in [2.24, 2.45) is 0 Å². The molecule has 1 atom stereocenters. The molecule has 0 spiro atoms. The van der Waals surface area contributed by atoms with Crippen LogP contribution in [0, 0.1) is 0 Å². The zero-order valence-electron chi connectivity index (χ0n) is 9.59. The van der Waals surface area contributed by atoms with Gasteiger partial charge in [-0.1, -0.05) is 34.5 Å². The molecule has 1 aromatic rings. The maximum atomic E-state index is 6.12. The molecule has 1 N–H and O–H groups in total. The largest absolute Gasteiger partial charge is 0.309 e. The van der Waals surface area contributed by atoms with Crippen LogP contribution in [0.15, 0.2) is 22.7 Å². The van der Waals surface area contributed by atoms with Gasteiger partial charge in [-0.2, -0.15) is 11.8 Å². The first kappa shape index (κ1) is 14.4. The summed E-state index contributed by atoms with van der Waals surface area (Å²) in [6.45, 7) is 5.21. The van der Waals surface area contributed by atoms with E-state index < -0.39 is 0 Å². The van der Waals surface area contributed by atoms with Crippen LogP contribution in [0.25, 0.3) is 0 Å². The van der Waals surface area contributed by atoms with Crippen molar-refractivity contribution in [2.75, 3.05) is 11.5 Å². The quantitative estimate of drug-likeness (QED) is 0.836. The minimum absolute atomic E-state index is 0.514. The van der Waals surface area contributed by atoms with Gasteiger partial charge < -0.3 is 5.32 Å². The molecule has 90 valence electrons. The molecule has 0 radical (unpaired) electrons. The third kappa shape index (κ3) is 5.09. The fourth-order valence-electron chi connectivity index (χ4n) is 1.32. The van der Waals surface area contributed by atoms with Gasteiger partial charge in [0, 0.05) is 27.8 Å². The first-order chi connectivity index (χ1) is 7.63. The van der Waals surface area contributed by atoms with Gasteiger partial charge in [-0.3, -0.25) is 0 Å². The Morgan fingerprint density at radius 1 is 1.50 bits per heavy atom. The number of benzene rings is 1. The van der Waals surface area contributed by atoms with E-state index >= 15 is 0 Å². The Hall–Kier alpha value is 0.300. The van der Waals surface area contributed by atoms with E-state index in [1.165, 1.54) is 5.75 Å². The molecule has 0 aliphatic carbocycles. The molecule has 1 unspecified atom stereocenters. The highest BCUT2D eigenvalue weighted by molar-refractivity contribution is 9.10. The van der Waals surface area contributed by atoms with Crippen molar-refractivity contribution in [3.63, 3.8) is 0 Å². The minimum atomic E-state index is 0.514. The van der Waals surface area contributed by atoms with Crippen LogP contribution in [0.4, 0.5) is 0 Å². The summed E-state index contributed by atoms with van der Waals surface area (Å²) >= 11 is 11.5. The minimum Gasteiger partial charge on any atom is -0.309 e. The molecule has 0 aliphatic heterocycles. The van der Waals surface area contributed by atoms with E-state index in [1.807, 2.05) is 23.9 Å². The standard InChI is InChI=1S/C12H17BrClNS/c1-3-16-8-9(2)15-7-10-6-11(13)4-5-12(10)14/h4-6,9,15H,3,7-8H2,1-2H3. The van der Waals surface area contributed by atoms with Crippen LogP contribution >= 0.6 is 39.3 Å². The first-order valence-electron chi connectivity index (χ1n) is 5.38. The Balaban J connectivity index is 2.44. The van der Waals surface area contributed by atoms with Gasteiger partial charge in [-0.15, -0.1) is 0 Å². The molecule has 0 heterocycles. The van der Waals surface area contributed by atoms with Crippen LogP contribution in [-0.4, -0.2) is 17.5 Å². The smallest absolute Gasteiger partial charge is 0.0451 e. The van der Waals surface area contributed by atoms with Crippen molar-refractivity contribution in [2.45, 2.75) is 26.4 Å². The summed E-state index contributed by atoms with van der Waals surface area (Å²) < 4.78 is 1.07. The number of hydrogen-bond donors (Lipinski definition) is 1. The van der Waals surface area contributed by atoms with Crippen LogP contribution in [0.3, 0.4) is 0 Å². The van der Waals surface area contributed by atoms with E-state index in [4.69, 9.17) is 11.6 Å². The van der Waals surface area contributed by atoms with Crippen molar-refractivity contribution >= 4 is 39.3 Å².